The third-order valence-corrected chi connectivity index (χ3v) is 7.54. The standard InChI is InChI=1S/C29H37N5O2/c35-27(24-10-4-3-5-11-24)14-17-34-26-13-7-6-12-25(26)30-28(34)22-31-18-20-32(21-19-31)23-29(36)33-15-8-1-2-9-16-33/h3-7,10-13H,1-2,8-9,14-23H2. The van der Waals surface area contributed by atoms with Crippen LogP contribution >= 0.6 is 0 Å². The lowest BCUT2D eigenvalue weighted by molar-refractivity contribution is -0.132. The fraction of sp³-hybridized carbons (Fsp3) is 0.483. The van der Waals surface area contributed by atoms with E-state index in [9.17, 15) is 9.59 Å². The van der Waals surface area contributed by atoms with Gasteiger partial charge in [0.15, 0.2) is 5.78 Å². The molecular weight excluding hydrogens is 450 g/mol. The third kappa shape index (κ3) is 6.02. The molecule has 2 saturated heterocycles. The normalized spacial score (nSPS) is 17.8. The molecule has 2 fully saturated rings. The van der Waals surface area contributed by atoms with Crippen molar-refractivity contribution in [3.63, 3.8) is 0 Å². The second-order valence-corrected chi connectivity index (χ2v) is 10.1. The Morgan fingerprint density at radius 3 is 2.17 bits per heavy atom. The van der Waals surface area contributed by atoms with Crippen LogP contribution < -0.4 is 0 Å². The molecule has 7 heteroatoms. The fourth-order valence-electron chi connectivity index (χ4n) is 5.39. The number of piperazine rings is 1. The van der Waals surface area contributed by atoms with Gasteiger partial charge in [0.2, 0.25) is 5.91 Å². The van der Waals surface area contributed by atoms with Crippen LogP contribution in [0.15, 0.2) is 54.6 Å². The fourth-order valence-corrected chi connectivity index (χ4v) is 5.39. The van der Waals surface area contributed by atoms with Crippen LogP contribution in [0.1, 0.15) is 48.3 Å². The average molecular weight is 488 g/mol. The van der Waals surface area contributed by atoms with Gasteiger partial charge in [-0.3, -0.25) is 19.4 Å². The monoisotopic (exact) mass is 487 g/mol. The highest BCUT2D eigenvalue weighted by atomic mass is 16.2. The molecule has 190 valence electrons. The summed E-state index contributed by atoms with van der Waals surface area (Å²) >= 11 is 0. The number of imidazole rings is 1. The lowest BCUT2D eigenvalue weighted by atomic mass is 10.1. The molecule has 2 aliphatic heterocycles. The molecule has 2 aromatic carbocycles. The molecule has 2 aliphatic rings. The number of likely N-dealkylation sites (tertiary alicyclic amines) is 1. The van der Waals surface area contributed by atoms with Crippen molar-refractivity contribution in [1.82, 2.24) is 24.3 Å². The van der Waals surface area contributed by atoms with E-state index in [0.717, 1.165) is 81.1 Å². The van der Waals surface area contributed by atoms with E-state index in [1.807, 2.05) is 48.5 Å². The predicted octanol–water partition coefficient (Wildman–Crippen LogP) is 3.83. The molecule has 0 spiro atoms. The van der Waals surface area contributed by atoms with E-state index in [1.165, 1.54) is 12.8 Å². The van der Waals surface area contributed by atoms with Gasteiger partial charge in [0.25, 0.3) is 0 Å². The Hall–Kier alpha value is -3.03. The first-order valence-corrected chi connectivity index (χ1v) is 13.4. The first-order valence-electron chi connectivity index (χ1n) is 13.4. The van der Waals surface area contributed by atoms with Gasteiger partial charge in [-0.05, 0) is 25.0 Å². The first kappa shape index (κ1) is 24.7. The second-order valence-electron chi connectivity index (χ2n) is 10.1. The van der Waals surface area contributed by atoms with Crippen LogP contribution in [0, 0.1) is 0 Å². The summed E-state index contributed by atoms with van der Waals surface area (Å²) in [5.41, 5.74) is 2.81. The van der Waals surface area contributed by atoms with Gasteiger partial charge in [0.05, 0.1) is 24.1 Å². The van der Waals surface area contributed by atoms with Crippen LogP contribution in [0.2, 0.25) is 0 Å². The number of aromatic nitrogens is 2. The lowest BCUT2D eigenvalue weighted by Gasteiger charge is -2.35. The third-order valence-electron chi connectivity index (χ3n) is 7.54. The van der Waals surface area contributed by atoms with Crippen molar-refractivity contribution in [2.45, 2.75) is 45.2 Å². The number of rotatable bonds is 8. The molecule has 0 atom stereocenters. The predicted molar refractivity (Wildman–Crippen MR) is 142 cm³/mol. The maximum absolute atomic E-state index is 12.8. The Balaban J connectivity index is 1.19. The zero-order valence-electron chi connectivity index (χ0n) is 21.1. The van der Waals surface area contributed by atoms with Crippen molar-refractivity contribution in [2.24, 2.45) is 0 Å². The van der Waals surface area contributed by atoms with Crippen LogP contribution in [0.4, 0.5) is 0 Å². The molecule has 0 aliphatic carbocycles. The lowest BCUT2D eigenvalue weighted by Crippen LogP contribution is -2.50. The van der Waals surface area contributed by atoms with Gasteiger partial charge < -0.3 is 9.47 Å². The van der Waals surface area contributed by atoms with Crippen LogP contribution in [-0.2, 0) is 17.9 Å². The smallest absolute Gasteiger partial charge is 0.236 e. The zero-order valence-corrected chi connectivity index (χ0v) is 21.1. The number of hydrogen-bond acceptors (Lipinski definition) is 5. The molecule has 5 rings (SSSR count). The van der Waals surface area contributed by atoms with E-state index in [1.54, 1.807) is 0 Å². The number of fused-ring (bicyclic) bond motifs is 1. The summed E-state index contributed by atoms with van der Waals surface area (Å²) in [5.74, 6) is 1.45. The minimum atomic E-state index is 0.155. The van der Waals surface area contributed by atoms with Gasteiger partial charge in [0, 0.05) is 57.8 Å². The number of carbonyl (C=O) groups is 2. The minimum Gasteiger partial charge on any atom is -0.342 e. The number of amides is 1. The number of aryl methyl sites for hydroxylation is 1. The summed E-state index contributed by atoms with van der Waals surface area (Å²) in [6.45, 7) is 7.37. The Morgan fingerprint density at radius 2 is 1.42 bits per heavy atom. The minimum absolute atomic E-state index is 0.155. The maximum Gasteiger partial charge on any atom is 0.236 e. The molecule has 0 unspecified atom stereocenters. The molecular formula is C29H37N5O2. The van der Waals surface area contributed by atoms with E-state index < -0.39 is 0 Å². The van der Waals surface area contributed by atoms with Crippen molar-refractivity contribution in [3.8, 4) is 0 Å². The van der Waals surface area contributed by atoms with E-state index in [0.29, 0.717) is 19.5 Å². The van der Waals surface area contributed by atoms with Gasteiger partial charge in [-0.2, -0.15) is 0 Å². The van der Waals surface area contributed by atoms with Gasteiger partial charge in [-0.1, -0.05) is 55.3 Å². The van der Waals surface area contributed by atoms with E-state index in [2.05, 4.69) is 25.3 Å². The Kier molecular flexibility index (Phi) is 8.08. The van der Waals surface area contributed by atoms with Crippen molar-refractivity contribution < 1.29 is 9.59 Å². The molecule has 0 bridgehead atoms. The van der Waals surface area contributed by atoms with Crippen molar-refractivity contribution in [2.75, 3.05) is 45.8 Å². The van der Waals surface area contributed by atoms with Crippen molar-refractivity contribution in [1.29, 1.82) is 0 Å². The highest BCUT2D eigenvalue weighted by molar-refractivity contribution is 5.96. The summed E-state index contributed by atoms with van der Waals surface area (Å²) in [7, 11) is 0. The highest BCUT2D eigenvalue weighted by Gasteiger charge is 2.24. The number of carbonyl (C=O) groups excluding carboxylic acids is 2. The zero-order chi connectivity index (χ0) is 24.7. The maximum atomic E-state index is 12.8. The van der Waals surface area contributed by atoms with E-state index in [-0.39, 0.29) is 11.7 Å². The summed E-state index contributed by atoms with van der Waals surface area (Å²) in [6.07, 6.45) is 5.21. The number of nitrogens with zero attached hydrogens (tertiary/aromatic N) is 5. The Morgan fingerprint density at radius 1 is 0.750 bits per heavy atom. The number of hydrogen-bond donors (Lipinski definition) is 0. The number of benzene rings is 2. The molecule has 1 amide bonds. The van der Waals surface area contributed by atoms with Crippen LogP contribution in [0.25, 0.3) is 11.0 Å². The molecule has 0 N–H and O–H groups in total. The summed E-state index contributed by atoms with van der Waals surface area (Å²) in [4.78, 5) is 37.3. The summed E-state index contributed by atoms with van der Waals surface area (Å²) < 4.78 is 2.21. The van der Waals surface area contributed by atoms with Gasteiger partial charge in [0.1, 0.15) is 5.82 Å². The quantitative estimate of drug-likeness (QED) is 0.452. The van der Waals surface area contributed by atoms with Gasteiger partial charge in [-0.25, -0.2) is 4.98 Å². The highest BCUT2D eigenvalue weighted by Crippen LogP contribution is 2.20. The molecule has 3 heterocycles. The van der Waals surface area contributed by atoms with E-state index >= 15 is 0 Å². The number of ketones is 1. The first-order chi connectivity index (χ1) is 17.7. The second kappa shape index (κ2) is 11.8. The molecule has 36 heavy (non-hydrogen) atoms. The molecule has 0 saturated carbocycles. The average Bonchev–Trinajstić information content (AvgIpc) is 3.06. The Bertz CT molecular complexity index is 1160. The summed E-state index contributed by atoms with van der Waals surface area (Å²) in [6, 6.07) is 17.7. The van der Waals surface area contributed by atoms with Crippen LogP contribution in [0.3, 0.4) is 0 Å². The van der Waals surface area contributed by atoms with Gasteiger partial charge in [-0.15, -0.1) is 0 Å². The SMILES string of the molecule is O=C(CCn1c(CN2CCN(CC(=O)N3CCCCCC3)CC2)nc2ccccc21)c1ccccc1. The summed E-state index contributed by atoms with van der Waals surface area (Å²) in [5, 5.41) is 0. The van der Waals surface area contributed by atoms with Crippen LogP contribution in [0.5, 0.6) is 0 Å². The van der Waals surface area contributed by atoms with Crippen molar-refractivity contribution >= 4 is 22.7 Å². The number of para-hydroxylation sites is 2. The molecule has 3 aromatic rings. The Labute approximate surface area is 213 Å². The molecule has 1 aromatic heterocycles. The molecule has 7 nitrogen and oxygen atoms in total. The number of Topliss-reactive ketones (excluding diaryl/α,β-unsaturated/α-hetero) is 1. The molecule has 0 radical (unpaired) electrons. The van der Waals surface area contributed by atoms with Crippen molar-refractivity contribution in [3.05, 3.63) is 66.0 Å². The van der Waals surface area contributed by atoms with Crippen LogP contribution in [-0.4, -0.2) is 81.8 Å². The van der Waals surface area contributed by atoms with E-state index in [4.69, 9.17) is 4.98 Å². The van der Waals surface area contributed by atoms with Gasteiger partial charge >= 0.3 is 0 Å². The largest absolute Gasteiger partial charge is 0.342 e. The topological polar surface area (TPSA) is 61.7 Å².